The van der Waals surface area contributed by atoms with E-state index < -0.39 is 0 Å². The van der Waals surface area contributed by atoms with Crippen LogP contribution in [0.5, 0.6) is 0 Å². The molecule has 1 aromatic heterocycles. The first-order valence-corrected chi connectivity index (χ1v) is 3.82. The summed E-state index contributed by atoms with van der Waals surface area (Å²) < 4.78 is 6.55. The maximum atomic E-state index is 7.36. The molecule has 66 valence electrons. The first-order chi connectivity index (χ1) is 5.65. The molecular formula is C8H13N3O. The van der Waals surface area contributed by atoms with Crippen LogP contribution in [-0.2, 0) is 4.74 Å². The molecule has 4 heteroatoms. The number of hydrogen-bond acceptors (Lipinski definition) is 3. The van der Waals surface area contributed by atoms with Crippen molar-refractivity contribution in [3.63, 3.8) is 0 Å². The Labute approximate surface area is 71.7 Å². The summed E-state index contributed by atoms with van der Waals surface area (Å²) in [6, 6.07) is 0.323. The average Bonchev–Trinajstić information content (AvgIpc) is 2.51. The maximum Gasteiger partial charge on any atom is 0.216 e. The molecular weight excluding hydrogens is 154 g/mol. The fourth-order valence-corrected chi connectivity index (χ4v) is 0.856. The Balaban J connectivity index is 2.84. The Kier molecular flexibility index (Phi) is 2.47. The van der Waals surface area contributed by atoms with E-state index in [9.17, 15) is 0 Å². The second-order valence-electron chi connectivity index (χ2n) is 2.84. The predicted molar refractivity (Wildman–Crippen MR) is 46.4 cm³/mol. The second kappa shape index (κ2) is 3.38. The van der Waals surface area contributed by atoms with Crippen molar-refractivity contribution in [2.45, 2.75) is 19.9 Å². The quantitative estimate of drug-likeness (QED) is 0.535. The van der Waals surface area contributed by atoms with Crippen molar-refractivity contribution >= 4 is 5.90 Å². The topological polar surface area (TPSA) is 50.9 Å². The number of hydrogen-bond donors (Lipinski definition) is 1. The van der Waals surface area contributed by atoms with Crippen LogP contribution >= 0.6 is 0 Å². The molecule has 1 aromatic rings. The average molecular weight is 167 g/mol. The molecule has 0 aliphatic heterocycles. The summed E-state index contributed by atoms with van der Waals surface area (Å²) in [5.41, 5.74) is 0.714. The lowest BCUT2D eigenvalue weighted by Crippen LogP contribution is -2.02. The van der Waals surface area contributed by atoms with Crippen molar-refractivity contribution in [3.05, 3.63) is 18.0 Å². The summed E-state index contributed by atoms with van der Waals surface area (Å²) in [5.74, 6) is 0.155. The Morgan fingerprint density at radius 2 is 2.33 bits per heavy atom. The van der Waals surface area contributed by atoms with Crippen LogP contribution in [0, 0.1) is 5.41 Å². The third kappa shape index (κ3) is 1.64. The van der Waals surface area contributed by atoms with E-state index in [1.165, 1.54) is 7.11 Å². The van der Waals surface area contributed by atoms with E-state index in [4.69, 9.17) is 10.1 Å². The van der Waals surface area contributed by atoms with Gasteiger partial charge in [-0.25, -0.2) is 0 Å². The molecule has 0 fully saturated rings. The van der Waals surface area contributed by atoms with Crippen LogP contribution < -0.4 is 0 Å². The molecule has 0 aliphatic carbocycles. The van der Waals surface area contributed by atoms with Gasteiger partial charge in [-0.1, -0.05) is 0 Å². The minimum absolute atomic E-state index is 0.155. The van der Waals surface area contributed by atoms with Crippen LogP contribution in [0.1, 0.15) is 25.5 Å². The molecule has 0 radical (unpaired) electrons. The molecule has 4 nitrogen and oxygen atoms in total. The van der Waals surface area contributed by atoms with E-state index in [0.29, 0.717) is 11.6 Å². The molecule has 0 unspecified atom stereocenters. The smallest absolute Gasteiger partial charge is 0.216 e. The lowest BCUT2D eigenvalue weighted by molar-refractivity contribution is 0.401. The number of ether oxygens (including phenoxy) is 1. The van der Waals surface area contributed by atoms with Gasteiger partial charge in [-0.15, -0.1) is 0 Å². The third-order valence-electron chi connectivity index (χ3n) is 1.60. The van der Waals surface area contributed by atoms with Gasteiger partial charge in [-0.3, -0.25) is 10.1 Å². The van der Waals surface area contributed by atoms with Gasteiger partial charge in [-0.05, 0) is 13.8 Å². The van der Waals surface area contributed by atoms with E-state index in [0.717, 1.165) is 0 Å². The number of nitrogens with one attached hydrogen (secondary N) is 1. The van der Waals surface area contributed by atoms with Gasteiger partial charge in [0.1, 0.15) is 0 Å². The minimum atomic E-state index is 0.155. The Morgan fingerprint density at radius 3 is 2.75 bits per heavy atom. The standard InChI is InChI=1S/C8H13N3O/c1-6(2)11-5-7(4-10-11)8(9)12-3/h4-6,9H,1-3H3. The second-order valence-corrected chi connectivity index (χ2v) is 2.84. The molecule has 0 aromatic carbocycles. The fraction of sp³-hybridized carbons (Fsp3) is 0.500. The number of methoxy groups -OCH3 is 1. The van der Waals surface area contributed by atoms with E-state index in [2.05, 4.69) is 5.10 Å². The summed E-state index contributed by atoms with van der Waals surface area (Å²) >= 11 is 0. The van der Waals surface area contributed by atoms with Crippen LogP contribution in [0.4, 0.5) is 0 Å². The van der Waals surface area contributed by atoms with Crippen molar-refractivity contribution in [2.24, 2.45) is 0 Å². The highest BCUT2D eigenvalue weighted by Crippen LogP contribution is 2.05. The lowest BCUT2D eigenvalue weighted by Gasteiger charge is -2.02. The number of rotatable bonds is 2. The SMILES string of the molecule is COC(=N)c1cnn(C(C)C)c1. The normalized spacial score (nSPS) is 10.3. The van der Waals surface area contributed by atoms with E-state index in [1.54, 1.807) is 17.1 Å². The van der Waals surface area contributed by atoms with Crippen molar-refractivity contribution in [2.75, 3.05) is 7.11 Å². The van der Waals surface area contributed by atoms with Crippen molar-refractivity contribution in [1.29, 1.82) is 5.41 Å². The number of nitrogens with zero attached hydrogens (tertiary/aromatic N) is 2. The predicted octanol–water partition coefficient (Wildman–Crippen LogP) is 1.44. The molecule has 1 N–H and O–H groups in total. The molecule has 0 saturated carbocycles. The fourth-order valence-electron chi connectivity index (χ4n) is 0.856. The molecule has 1 heterocycles. The van der Waals surface area contributed by atoms with Crippen molar-refractivity contribution < 1.29 is 4.74 Å². The maximum absolute atomic E-state index is 7.36. The molecule has 0 aliphatic rings. The van der Waals surface area contributed by atoms with Crippen LogP contribution in [0.15, 0.2) is 12.4 Å². The van der Waals surface area contributed by atoms with Crippen molar-refractivity contribution in [1.82, 2.24) is 9.78 Å². The Morgan fingerprint density at radius 1 is 1.67 bits per heavy atom. The lowest BCUT2D eigenvalue weighted by atomic mass is 10.3. The van der Waals surface area contributed by atoms with Crippen LogP contribution in [-0.4, -0.2) is 22.8 Å². The van der Waals surface area contributed by atoms with Crippen molar-refractivity contribution in [3.8, 4) is 0 Å². The minimum Gasteiger partial charge on any atom is -0.481 e. The molecule has 12 heavy (non-hydrogen) atoms. The summed E-state index contributed by atoms with van der Waals surface area (Å²) in [6.07, 6.45) is 3.43. The van der Waals surface area contributed by atoms with E-state index >= 15 is 0 Å². The summed E-state index contributed by atoms with van der Waals surface area (Å²) in [6.45, 7) is 4.07. The molecule has 0 atom stereocenters. The van der Waals surface area contributed by atoms with Gasteiger partial charge in [0, 0.05) is 12.2 Å². The first kappa shape index (κ1) is 8.77. The van der Waals surface area contributed by atoms with E-state index in [-0.39, 0.29) is 5.90 Å². The summed E-state index contributed by atoms with van der Waals surface area (Å²) in [5, 5.41) is 11.4. The van der Waals surface area contributed by atoms with Gasteiger partial charge in [-0.2, -0.15) is 5.10 Å². The molecule has 1 rings (SSSR count). The highest BCUT2D eigenvalue weighted by Gasteiger charge is 2.05. The van der Waals surface area contributed by atoms with Crippen LogP contribution in [0.25, 0.3) is 0 Å². The third-order valence-corrected chi connectivity index (χ3v) is 1.60. The molecule has 0 amide bonds. The zero-order chi connectivity index (χ0) is 9.14. The largest absolute Gasteiger partial charge is 0.481 e. The summed E-state index contributed by atoms with van der Waals surface area (Å²) in [4.78, 5) is 0. The zero-order valence-corrected chi connectivity index (χ0v) is 7.53. The highest BCUT2D eigenvalue weighted by atomic mass is 16.5. The van der Waals surface area contributed by atoms with Gasteiger partial charge < -0.3 is 4.74 Å². The van der Waals surface area contributed by atoms with Crippen LogP contribution in [0.3, 0.4) is 0 Å². The first-order valence-electron chi connectivity index (χ1n) is 3.82. The van der Waals surface area contributed by atoms with Crippen LogP contribution in [0.2, 0.25) is 0 Å². The van der Waals surface area contributed by atoms with Gasteiger partial charge in [0.15, 0.2) is 0 Å². The monoisotopic (exact) mass is 167 g/mol. The van der Waals surface area contributed by atoms with E-state index in [1.807, 2.05) is 13.8 Å². The van der Waals surface area contributed by atoms with Gasteiger partial charge in [0.25, 0.3) is 0 Å². The Bertz CT molecular complexity index is 278. The Hall–Kier alpha value is -1.32. The van der Waals surface area contributed by atoms with Gasteiger partial charge >= 0.3 is 0 Å². The van der Waals surface area contributed by atoms with Gasteiger partial charge in [0.05, 0.1) is 18.9 Å². The number of aromatic nitrogens is 2. The highest BCUT2D eigenvalue weighted by molar-refractivity contribution is 5.90. The van der Waals surface area contributed by atoms with Gasteiger partial charge in [0.2, 0.25) is 5.90 Å². The molecule has 0 bridgehead atoms. The molecule has 0 saturated heterocycles. The molecule has 0 spiro atoms. The zero-order valence-electron chi connectivity index (χ0n) is 7.53. The summed E-state index contributed by atoms with van der Waals surface area (Å²) in [7, 11) is 1.48.